The average molecular weight is 272 g/mol. The van der Waals surface area contributed by atoms with Gasteiger partial charge in [-0.15, -0.1) is 0 Å². The topological polar surface area (TPSA) is 12.0 Å². The Morgan fingerprint density at radius 1 is 1.40 bits per heavy atom. The number of hydrogen-bond donors (Lipinski definition) is 1. The smallest absolute Gasteiger partial charge is 0.137 e. The number of rotatable bonds is 2. The molecule has 2 rings (SSSR count). The van der Waals surface area contributed by atoms with E-state index >= 15 is 0 Å². The predicted molar refractivity (Wildman–Crippen MR) is 63.6 cm³/mol. The summed E-state index contributed by atoms with van der Waals surface area (Å²) in [6.07, 6.45) is 0.920. The summed E-state index contributed by atoms with van der Waals surface area (Å²) in [4.78, 5) is 0. The molecule has 0 radical (unpaired) electrons. The van der Waals surface area contributed by atoms with E-state index in [2.05, 4.69) is 21.2 Å². The lowest BCUT2D eigenvalue weighted by Crippen LogP contribution is -2.28. The molecule has 2 unspecified atom stereocenters. The first-order chi connectivity index (χ1) is 7.10. The molecule has 1 aromatic rings. The molecule has 1 saturated heterocycles. The molecule has 1 N–H and O–H groups in total. The average Bonchev–Trinajstić information content (AvgIpc) is 2.71. The van der Waals surface area contributed by atoms with Crippen LogP contribution in [0.1, 0.15) is 18.9 Å². The van der Waals surface area contributed by atoms with E-state index in [9.17, 15) is 4.39 Å². The third kappa shape index (κ3) is 2.23. The summed E-state index contributed by atoms with van der Waals surface area (Å²) in [5, 5.41) is 3.21. The molecule has 15 heavy (non-hydrogen) atoms. The summed E-state index contributed by atoms with van der Waals surface area (Å²) >= 11 is 3.36. The van der Waals surface area contributed by atoms with Crippen molar-refractivity contribution < 1.29 is 4.39 Å². The van der Waals surface area contributed by atoms with Crippen LogP contribution in [-0.2, 0) is 5.67 Å². The Bertz CT molecular complexity index is 328. The van der Waals surface area contributed by atoms with E-state index in [1.165, 1.54) is 0 Å². The van der Waals surface area contributed by atoms with Gasteiger partial charge in [0.25, 0.3) is 0 Å². The van der Waals surface area contributed by atoms with Gasteiger partial charge in [-0.1, -0.05) is 28.1 Å². The Labute approximate surface area is 98.2 Å². The second kappa shape index (κ2) is 4.22. The summed E-state index contributed by atoms with van der Waals surface area (Å²) in [6, 6.07) is 7.52. The van der Waals surface area contributed by atoms with Crippen LogP contribution in [-0.4, -0.2) is 13.1 Å². The molecule has 1 heterocycles. The van der Waals surface area contributed by atoms with Crippen molar-refractivity contribution in [2.24, 2.45) is 5.92 Å². The Balaban J connectivity index is 2.23. The van der Waals surface area contributed by atoms with Crippen LogP contribution in [0.3, 0.4) is 0 Å². The van der Waals surface area contributed by atoms with Crippen LogP contribution in [0.4, 0.5) is 4.39 Å². The second-order valence-electron chi connectivity index (χ2n) is 4.27. The van der Waals surface area contributed by atoms with Crippen molar-refractivity contribution in [3.05, 3.63) is 34.3 Å². The van der Waals surface area contributed by atoms with Gasteiger partial charge in [-0.05, 0) is 37.6 Å². The molecular formula is C12H15BrFN. The quantitative estimate of drug-likeness (QED) is 0.871. The first kappa shape index (κ1) is 11.1. The molecule has 0 saturated carbocycles. The van der Waals surface area contributed by atoms with Gasteiger partial charge in [-0.2, -0.15) is 0 Å². The highest BCUT2D eigenvalue weighted by molar-refractivity contribution is 9.10. The van der Waals surface area contributed by atoms with Crippen LogP contribution in [0.15, 0.2) is 28.7 Å². The van der Waals surface area contributed by atoms with Gasteiger partial charge in [-0.25, -0.2) is 4.39 Å². The van der Waals surface area contributed by atoms with Gasteiger partial charge in [0, 0.05) is 16.9 Å². The molecule has 3 heteroatoms. The lowest BCUT2D eigenvalue weighted by atomic mass is 9.84. The molecule has 0 spiro atoms. The van der Waals surface area contributed by atoms with Crippen LogP contribution in [0.2, 0.25) is 0 Å². The molecule has 0 aliphatic carbocycles. The predicted octanol–water partition coefficient (Wildman–Crippen LogP) is 3.24. The lowest BCUT2D eigenvalue weighted by Gasteiger charge is -2.27. The van der Waals surface area contributed by atoms with Crippen molar-refractivity contribution in [1.82, 2.24) is 5.32 Å². The van der Waals surface area contributed by atoms with Gasteiger partial charge in [0.05, 0.1) is 0 Å². The number of hydrogen-bond acceptors (Lipinski definition) is 1. The zero-order valence-electron chi connectivity index (χ0n) is 8.76. The first-order valence-corrected chi connectivity index (χ1v) is 6.05. The SMILES string of the molecule is CC(F)(c1ccc(Br)cc1)C1CCNC1. The Hall–Kier alpha value is -0.410. The first-order valence-electron chi connectivity index (χ1n) is 5.26. The van der Waals surface area contributed by atoms with Gasteiger partial charge in [0.1, 0.15) is 5.67 Å². The maximum atomic E-state index is 14.6. The third-order valence-electron chi connectivity index (χ3n) is 3.24. The van der Waals surface area contributed by atoms with Crippen molar-refractivity contribution in [3.63, 3.8) is 0 Å². The Morgan fingerprint density at radius 2 is 2.07 bits per heavy atom. The fraction of sp³-hybridized carbons (Fsp3) is 0.500. The highest BCUT2D eigenvalue weighted by Gasteiger charge is 2.37. The minimum Gasteiger partial charge on any atom is -0.316 e. The number of benzene rings is 1. The van der Waals surface area contributed by atoms with Gasteiger partial charge >= 0.3 is 0 Å². The van der Waals surface area contributed by atoms with E-state index in [4.69, 9.17) is 0 Å². The van der Waals surface area contributed by atoms with Crippen LogP contribution in [0, 0.1) is 5.92 Å². The molecule has 0 bridgehead atoms. The Kier molecular flexibility index (Phi) is 3.12. The van der Waals surface area contributed by atoms with Gasteiger partial charge in [0.15, 0.2) is 0 Å². The number of nitrogens with one attached hydrogen (secondary N) is 1. The summed E-state index contributed by atoms with van der Waals surface area (Å²) in [7, 11) is 0. The van der Waals surface area contributed by atoms with Crippen molar-refractivity contribution in [2.45, 2.75) is 19.0 Å². The van der Waals surface area contributed by atoms with Crippen LogP contribution < -0.4 is 5.32 Å². The van der Waals surface area contributed by atoms with Crippen molar-refractivity contribution in [2.75, 3.05) is 13.1 Å². The van der Waals surface area contributed by atoms with E-state index in [1.54, 1.807) is 6.92 Å². The highest BCUT2D eigenvalue weighted by atomic mass is 79.9. The Morgan fingerprint density at radius 3 is 2.60 bits per heavy atom. The lowest BCUT2D eigenvalue weighted by molar-refractivity contribution is 0.112. The zero-order valence-corrected chi connectivity index (χ0v) is 10.3. The fourth-order valence-electron chi connectivity index (χ4n) is 2.13. The largest absolute Gasteiger partial charge is 0.316 e. The molecule has 2 atom stereocenters. The molecule has 1 nitrogen and oxygen atoms in total. The van der Waals surface area contributed by atoms with Crippen LogP contribution >= 0.6 is 15.9 Å². The van der Waals surface area contributed by atoms with Crippen molar-refractivity contribution in [1.29, 1.82) is 0 Å². The van der Waals surface area contributed by atoms with Crippen molar-refractivity contribution >= 4 is 15.9 Å². The highest BCUT2D eigenvalue weighted by Crippen LogP contribution is 2.37. The van der Waals surface area contributed by atoms with Crippen LogP contribution in [0.25, 0.3) is 0 Å². The van der Waals surface area contributed by atoms with E-state index < -0.39 is 5.67 Å². The monoisotopic (exact) mass is 271 g/mol. The van der Waals surface area contributed by atoms with E-state index in [0.29, 0.717) is 0 Å². The minimum atomic E-state index is -1.22. The molecule has 0 aromatic heterocycles. The van der Waals surface area contributed by atoms with E-state index in [1.807, 2.05) is 24.3 Å². The van der Waals surface area contributed by atoms with Gasteiger partial charge in [-0.3, -0.25) is 0 Å². The van der Waals surface area contributed by atoms with Gasteiger partial charge in [0.2, 0.25) is 0 Å². The normalized spacial score (nSPS) is 25.1. The number of halogens is 2. The second-order valence-corrected chi connectivity index (χ2v) is 5.19. The standard InChI is InChI=1S/C12H15BrFN/c1-12(14,10-6-7-15-8-10)9-2-4-11(13)5-3-9/h2-5,10,15H,6-8H2,1H3. The van der Waals surface area contributed by atoms with Crippen LogP contribution in [0.5, 0.6) is 0 Å². The summed E-state index contributed by atoms with van der Waals surface area (Å²) in [6.45, 7) is 3.40. The summed E-state index contributed by atoms with van der Waals surface area (Å²) in [5.74, 6) is 0.0960. The summed E-state index contributed by atoms with van der Waals surface area (Å²) < 4.78 is 15.6. The molecule has 1 aromatic carbocycles. The minimum absolute atomic E-state index is 0.0960. The maximum Gasteiger partial charge on any atom is 0.137 e. The fourth-order valence-corrected chi connectivity index (χ4v) is 2.39. The molecule has 1 fully saturated rings. The molecule has 82 valence electrons. The number of alkyl halides is 1. The van der Waals surface area contributed by atoms with E-state index in [0.717, 1.165) is 29.5 Å². The van der Waals surface area contributed by atoms with Gasteiger partial charge < -0.3 is 5.32 Å². The summed E-state index contributed by atoms with van der Waals surface area (Å²) in [5.41, 5.74) is -0.441. The molecule has 1 aliphatic rings. The molecule has 1 aliphatic heterocycles. The maximum absolute atomic E-state index is 14.6. The third-order valence-corrected chi connectivity index (χ3v) is 3.76. The zero-order chi connectivity index (χ0) is 10.9. The molecular weight excluding hydrogens is 257 g/mol. The van der Waals surface area contributed by atoms with E-state index in [-0.39, 0.29) is 5.92 Å². The molecule has 0 amide bonds. The van der Waals surface area contributed by atoms with Crippen molar-refractivity contribution in [3.8, 4) is 0 Å².